The predicted molar refractivity (Wildman–Crippen MR) is 61.8 cm³/mol. The van der Waals surface area contributed by atoms with Crippen LogP contribution in [0.25, 0.3) is 0 Å². The monoisotopic (exact) mass is 287 g/mol. The highest BCUT2D eigenvalue weighted by Crippen LogP contribution is 2.44. The van der Waals surface area contributed by atoms with Gasteiger partial charge in [-0.25, -0.2) is 0 Å². The molecule has 1 unspecified atom stereocenters. The van der Waals surface area contributed by atoms with Crippen molar-refractivity contribution < 1.29 is 22.0 Å². The number of nitrogens with zero attached hydrogens (tertiary/aromatic N) is 3. The first kappa shape index (κ1) is 16.0. The first-order chi connectivity index (χ1) is 8.30. The Morgan fingerprint density at radius 2 is 1.53 bits per heavy atom. The van der Waals surface area contributed by atoms with Crippen molar-refractivity contribution in [1.82, 2.24) is 9.91 Å². The third-order valence-electron chi connectivity index (χ3n) is 2.83. The predicted octanol–water partition coefficient (Wildman–Crippen LogP) is 3.28. The molecule has 0 aliphatic carbocycles. The smallest absolute Gasteiger partial charge is 0.329 e. The first-order valence-corrected chi connectivity index (χ1v) is 5.85. The summed E-state index contributed by atoms with van der Waals surface area (Å²) in [6.07, 6.45) is -6.74. The Morgan fingerprint density at radius 1 is 1.05 bits per heavy atom. The van der Waals surface area contributed by atoms with E-state index >= 15 is 0 Å². The third kappa shape index (κ3) is 2.76. The zero-order valence-electron chi connectivity index (χ0n) is 11.5. The zero-order valence-corrected chi connectivity index (χ0v) is 11.5. The highest BCUT2D eigenvalue weighted by atomic mass is 19.4. The van der Waals surface area contributed by atoms with Gasteiger partial charge < -0.3 is 4.90 Å². The Hall–Kier alpha value is -1.08. The van der Waals surface area contributed by atoms with Crippen molar-refractivity contribution in [3.8, 4) is 0 Å². The van der Waals surface area contributed by atoms with Crippen LogP contribution in [0.3, 0.4) is 0 Å². The molecule has 1 aliphatic heterocycles. The number of halogens is 5. The highest BCUT2D eigenvalue weighted by Gasteiger charge is 2.67. The summed E-state index contributed by atoms with van der Waals surface area (Å²) in [5.74, 6) is -4.87. The van der Waals surface area contributed by atoms with Crippen LogP contribution in [0.2, 0.25) is 0 Å². The zero-order chi connectivity index (χ0) is 15.2. The molecule has 1 aliphatic rings. The molecule has 112 valence electrons. The molecule has 19 heavy (non-hydrogen) atoms. The number of hydrazone groups is 1. The van der Waals surface area contributed by atoms with Crippen LogP contribution in [-0.4, -0.2) is 46.1 Å². The second-order valence-electron chi connectivity index (χ2n) is 5.78. The molecule has 0 saturated heterocycles. The third-order valence-corrected chi connectivity index (χ3v) is 2.83. The second kappa shape index (κ2) is 4.49. The lowest BCUT2D eigenvalue weighted by Crippen LogP contribution is -2.63. The molecule has 3 nitrogen and oxygen atoms in total. The molecule has 0 N–H and O–H groups in total. The van der Waals surface area contributed by atoms with E-state index < -0.39 is 29.8 Å². The van der Waals surface area contributed by atoms with Gasteiger partial charge in [0.25, 0.3) is 0 Å². The Bertz CT molecular complexity index is 356. The molecule has 0 bridgehead atoms. The summed E-state index contributed by atoms with van der Waals surface area (Å²) in [7, 11) is 0. The van der Waals surface area contributed by atoms with E-state index in [1.54, 1.807) is 20.8 Å². The van der Waals surface area contributed by atoms with Crippen LogP contribution in [-0.2, 0) is 0 Å². The van der Waals surface area contributed by atoms with Crippen LogP contribution in [0.5, 0.6) is 0 Å². The molecule has 0 spiro atoms. The summed E-state index contributed by atoms with van der Waals surface area (Å²) in [4.78, 5) is 0.945. The van der Waals surface area contributed by atoms with Crippen LogP contribution in [0.15, 0.2) is 5.10 Å². The lowest BCUT2D eigenvalue weighted by molar-refractivity contribution is -0.318. The average molecular weight is 287 g/mol. The quantitative estimate of drug-likeness (QED) is 0.726. The van der Waals surface area contributed by atoms with Crippen LogP contribution in [0, 0.1) is 0 Å². The summed E-state index contributed by atoms with van der Waals surface area (Å²) in [5, 5.41) is 4.49. The van der Waals surface area contributed by atoms with Crippen molar-refractivity contribution in [3.05, 3.63) is 0 Å². The van der Waals surface area contributed by atoms with E-state index in [1.807, 2.05) is 0 Å². The normalized spacial score (nSPS) is 21.7. The van der Waals surface area contributed by atoms with Gasteiger partial charge in [-0.1, -0.05) is 0 Å². The Kier molecular flexibility index (Phi) is 3.77. The molecule has 8 heteroatoms. The molecule has 0 amide bonds. The van der Waals surface area contributed by atoms with Crippen molar-refractivity contribution in [1.29, 1.82) is 0 Å². The van der Waals surface area contributed by atoms with Gasteiger partial charge in [-0.2, -0.15) is 27.1 Å². The minimum absolute atomic E-state index is 0.568. The van der Waals surface area contributed by atoms with E-state index in [2.05, 4.69) is 5.10 Å². The van der Waals surface area contributed by atoms with Crippen LogP contribution < -0.4 is 0 Å². The molecule has 0 saturated carbocycles. The first-order valence-electron chi connectivity index (χ1n) is 5.85. The largest absolute Gasteiger partial charge is 0.457 e. The molecule has 1 heterocycles. The van der Waals surface area contributed by atoms with E-state index in [4.69, 9.17) is 0 Å². The lowest BCUT2D eigenvalue weighted by atomic mass is 10.0. The van der Waals surface area contributed by atoms with Crippen molar-refractivity contribution in [2.75, 3.05) is 0 Å². The fraction of sp³-hybridized carbons (Fsp3) is 0.909. The number of hydrogen-bond acceptors (Lipinski definition) is 3. The van der Waals surface area contributed by atoms with Crippen molar-refractivity contribution in [2.24, 2.45) is 5.10 Å². The minimum Gasteiger partial charge on any atom is -0.329 e. The fourth-order valence-electron chi connectivity index (χ4n) is 1.81. The van der Waals surface area contributed by atoms with Gasteiger partial charge in [-0.05, 0) is 34.6 Å². The van der Waals surface area contributed by atoms with Crippen molar-refractivity contribution >= 4 is 6.34 Å². The topological polar surface area (TPSA) is 18.8 Å². The molecule has 0 aromatic carbocycles. The molecule has 0 aromatic heterocycles. The SMILES string of the molecule is CC(C)N1N=CN(C(C)(C)C)C1C(F)(F)C(F)(F)F. The second-order valence-corrected chi connectivity index (χ2v) is 5.78. The molecule has 1 rings (SSSR count). The average Bonchev–Trinajstić information content (AvgIpc) is 2.58. The Balaban J connectivity index is 3.23. The maximum absolute atomic E-state index is 13.7. The maximum atomic E-state index is 13.7. The van der Waals surface area contributed by atoms with Crippen LogP contribution in [0.4, 0.5) is 22.0 Å². The Labute approximate surface area is 109 Å². The van der Waals surface area contributed by atoms with E-state index in [0.717, 1.165) is 16.2 Å². The van der Waals surface area contributed by atoms with Crippen LogP contribution in [0.1, 0.15) is 34.6 Å². The number of alkyl halides is 5. The minimum atomic E-state index is -5.62. The molecule has 0 radical (unpaired) electrons. The van der Waals surface area contributed by atoms with Gasteiger partial charge in [-0.3, -0.25) is 5.01 Å². The maximum Gasteiger partial charge on any atom is 0.457 e. The van der Waals surface area contributed by atoms with Crippen molar-refractivity contribution in [2.45, 2.75) is 64.5 Å². The summed E-state index contributed by atoms with van der Waals surface area (Å²) in [6.45, 7) is 7.71. The van der Waals surface area contributed by atoms with E-state index in [1.165, 1.54) is 13.8 Å². The van der Waals surface area contributed by atoms with Crippen molar-refractivity contribution in [3.63, 3.8) is 0 Å². The number of hydrogen-bond donors (Lipinski definition) is 0. The van der Waals surface area contributed by atoms with Gasteiger partial charge in [0.1, 0.15) is 6.34 Å². The standard InChI is InChI=1S/C11H18F5N3/c1-7(2)19-8(10(12,13)11(14,15)16)18(6-17-19)9(3,4)5/h6-8H,1-5H3. The summed E-state index contributed by atoms with van der Waals surface area (Å²) in [5.41, 5.74) is -0.896. The summed E-state index contributed by atoms with van der Waals surface area (Å²) < 4.78 is 65.4. The van der Waals surface area contributed by atoms with E-state index in [0.29, 0.717) is 0 Å². The van der Waals surface area contributed by atoms with Gasteiger partial charge in [0.05, 0.1) is 0 Å². The van der Waals surface area contributed by atoms with E-state index in [9.17, 15) is 22.0 Å². The van der Waals surface area contributed by atoms with E-state index in [-0.39, 0.29) is 0 Å². The summed E-state index contributed by atoms with van der Waals surface area (Å²) >= 11 is 0. The summed E-state index contributed by atoms with van der Waals surface area (Å²) in [6, 6.07) is -0.568. The highest BCUT2D eigenvalue weighted by molar-refractivity contribution is 5.59. The van der Waals surface area contributed by atoms with Gasteiger partial charge in [0, 0.05) is 11.6 Å². The number of rotatable bonds is 2. The molecule has 0 aromatic rings. The van der Waals surface area contributed by atoms with Gasteiger partial charge >= 0.3 is 12.1 Å². The fourth-order valence-corrected chi connectivity index (χ4v) is 1.81. The molecule has 0 fully saturated rings. The molecular formula is C11H18F5N3. The molecule has 1 atom stereocenters. The lowest BCUT2D eigenvalue weighted by Gasteiger charge is -2.43. The van der Waals surface area contributed by atoms with Crippen LogP contribution >= 0.6 is 0 Å². The Morgan fingerprint density at radius 3 is 1.84 bits per heavy atom. The molecular weight excluding hydrogens is 269 g/mol. The van der Waals surface area contributed by atoms with Gasteiger partial charge in [-0.15, -0.1) is 0 Å². The van der Waals surface area contributed by atoms with Gasteiger partial charge in [0.15, 0.2) is 6.17 Å². The van der Waals surface area contributed by atoms with Gasteiger partial charge in [0.2, 0.25) is 0 Å².